The quantitative estimate of drug-likeness (QED) is 0.315. The molecule has 2 aromatic heterocycles. The lowest BCUT2D eigenvalue weighted by atomic mass is 9.69. The zero-order valence-corrected chi connectivity index (χ0v) is 21.1. The van der Waals surface area contributed by atoms with Crippen molar-refractivity contribution >= 4 is 16.9 Å². The number of rotatable bonds is 5. The van der Waals surface area contributed by atoms with Crippen molar-refractivity contribution in [1.29, 1.82) is 0 Å². The van der Waals surface area contributed by atoms with Crippen molar-refractivity contribution in [2.45, 2.75) is 64.2 Å². The number of hydrogen-bond acceptors (Lipinski definition) is 7. The second-order valence-corrected chi connectivity index (χ2v) is 10.6. The minimum Gasteiger partial charge on any atom is -0.458 e. The number of aliphatic hydroxyl groups excluding tert-OH is 1. The molecule has 9 heteroatoms. The molecule has 37 heavy (non-hydrogen) atoms. The molecule has 1 aliphatic carbocycles. The maximum Gasteiger partial charge on any atom is 0.343 e. The molecule has 0 bridgehead atoms. The third-order valence-electron chi connectivity index (χ3n) is 8.49. The Morgan fingerprint density at radius 1 is 1.24 bits per heavy atom. The van der Waals surface area contributed by atoms with Crippen molar-refractivity contribution < 1.29 is 28.9 Å². The van der Waals surface area contributed by atoms with Gasteiger partial charge in [0.25, 0.3) is 5.56 Å². The van der Waals surface area contributed by atoms with Gasteiger partial charge in [0.1, 0.15) is 12.4 Å². The van der Waals surface area contributed by atoms with Gasteiger partial charge in [-0.05, 0) is 48.9 Å². The monoisotopic (exact) mass is 508 g/mol. The third-order valence-corrected chi connectivity index (χ3v) is 8.49. The van der Waals surface area contributed by atoms with E-state index in [0.717, 1.165) is 22.1 Å². The van der Waals surface area contributed by atoms with Crippen LogP contribution in [0, 0.1) is 12.7 Å². The zero-order valence-electron chi connectivity index (χ0n) is 21.1. The van der Waals surface area contributed by atoms with Gasteiger partial charge in [0, 0.05) is 28.0 Å². The number of halogens is 1. The maximum absolute atomic E-state index is 15.0. The Morgan fingerprint density at radius 3 is 2.76 bits per heavy atom. The van der Waals surface area contributed by atoms with E-state index in [0.29, 0.717) is 41.9 Å². The summed E-state index contributed by atoms with van der Waals surface area (Å²) < 4.78 is 27.6. The number of carbonyl (C=O) groups is 1. The molecule has 2 aliphatic heterocycles. The zero-order chi connectivity index (χ0) is 26.3. The van der Waals surface area contributed by atoms with E-state index in [4.69, 9.17) is 14.5 Å². The number of nitrogens with zero attached hydrogens (tertiary/aromatic N) is 2. The summed E-state index contributed by atoms with van der Waals surface area (Å²) in [4.78, 5) is 31.0. The van der Waals surface area contributed by atoms with Crippen LogP contribution in [0.3, 0.4) is 0 Å². The van der Waals surface area contributed by atoms with Crippen LogP contribution >= 0.6 is 0 Å². The highest BCUT2D eigenvalue weighted by Crippen LogP contribution is 2.48. The Kier molecular flexibility index (Phi) is 5.35. The minimum absolute atomic E-state index is 0.0547. The number of aliphatic hydroxyl groups is 2. The third kappa shape index (κ3) is 3.20. The molecule has 0 fully saturated rings. The van der Waals surface area contributed by atoms with E-state index in [1.807, 2.05) is 0 Å². The standard InChI is InChI=1S/C28H29FN2O6/c1-4-28(35)18-9-21-24-16(11-31(21)25(33)17(18)12-37-26(28)34)23-22-15(14(2)19(29)10-20(22)30-24)5-6-27(23,3)13-36-8-7-32/h9-10,32,35H,4-8,11-13H2,1-3H3/t27-,28+/m1/s1. The highest BCUT2D eigenvalue weighted by atomic mass is 19.1. The second kappa shape index (κ2) is 8.18. The van der Waals surface area contributed by atoms with Gasteiger partial charge in [-0.25, -0.2) is 14.2 Å². The maximum atomic E-state index is 15.0. The number of benzene rings is 1. The van der Waals surface area contributed by atoms with Crippen LogP contribution in [0.5, 0.6) is 0 Å². The number of carbonyl (C=O) groups excluding carboxylic acids is 1. The van der Waals surface area contributed by atoms with Gasteiger partial charge in [-0.2, -0.15) is 0 Å². The van der Waals surface area contributed by atoms with Crippen molar-refractivity contribution in [3.8, 4) is 11.4 Å². The summed E-state index contributed by atoms with van der Waals surface area (Å²) in [5.74, 6) is -1.10. The number of cyclic esters (lactones) is 1. The number of esters is 1. The molecule has 6 rings (SSSR count). The Hall–Kier alpha value is -3.14. The molecule has 3 aromatic rings. The van der Waals surface area contributed by atoms with Crippen LogP contribution in [-0.2, 0) is 44.9 Å². The molecular formula is C28H29FN2O6. The summed E-state index contributed by atoms with van der Waals surface area (Å²) in [5, 5.41) is 21.3. The van der Waals surface area contributed by atoms with Crippen molar-refractivity contribution in [3.05, 3.63) is 61.7 Å². The Morgan fingerprint density at radius 2 is 2.03 bits per heavy atom. The minimum atomic E-state index is -1.92. The van der Waals surface area contributed by atoms with Crippen LogP contribution in [0.2, 0.25) is 0 Å². The van der Waals surface area contributed by atoms with E-state index in [-0.39, 0.29) is 55.3 Å². The predicted molar refractivity (Wildman–Crippen MR) is 133 cm³/mol. The topological polar surface area (TPSA) is 111 Å². The summed E-state index contributed by atoms with van der Waals surface area (Å²) in [6.07, 6.45) is 1.43. The molecule has 3 aliphatic rings. The van der Waals surface area contributed by atoms with Gasteiger partial charge in [-0.1, -0.05) is 13.8 Å². The van der Waals surface area contributed by atoms with E-state index >= 15 is 0 Å². The van der Waals surface area contributed by atoms with Crippen molar-refractivity contribution in [1.82, 2.24) is 9.55 Å². The number of ether oxygens (including phenoxy) is 2. The first-order valence-corrected chi connectivity index (χ1v) is 12.7. The average Bonchev–Trinajstić information content (AvgIpc) is 3.24. The fraction of sp³-hybridized carbons (Fsp3) is 0.464. The SMILES string of the molecule is CC[C@@]1(O)C(=O)OCc2c1cc1n(c2=O)Cc2c-1nc1cc(F)c(C)c3c1c2[C@@](C)(COCCO)CC3. The Balaban J connectivity index is 1.66. The fourth-order valence-electron chi connectivity index (χ4n) is 6.40. The average molecular weight is 509 g/mol. The Labute approximate surface area is 212 Å². The van der Waals surface area contributed by atoms with Crippen molar-refractivity contribution in [3.63, 3.8) is 0 Å². The molecule has 0 saturated carbocycles. The highest BCUT2D eigenvalue weighted by molar-refractivity contribution is 5.94. The lowest BCUT2D eigenvalue weighted by molar-refractivity contribution is -0.172. The van der Waals surface area contributed by atoms with Crippen LogP contribution in [-0.4, -0.2) is 45.6 Å². The smallest absolute Gasteiger partial charge is 0.343 e. The van der Waals surface area contributed by atoms with Gasteiger partial charge in [0.05, 0.1) is 48.8 Å². The van der Waals surface area contributed by atoms with E-state index < -0.39 is 17.0 Å². The van der Waals surface area contributed by atoms with Gasteiger partial charge in [0.15, 0.2) is 5.60 Å². The lowest BCUT2D eigenvalue weighted by Crippen LogP contribution is -2.44. The summed E-state index contributed by atoms with van der Waals surface area (Å²) >= 11 is 0. The predicted octanol–water partition coefficient (Wildman–Crippen LogP) is 2.74. The molecule has 0 saturated heterocycles. The van der Waals surface area contributed by atoms with E-state index in [1.165, 1.54) is 6.07 Å². The molecule has 0 amide bonds. The highest BCUT2D eigenvalue weighted by Gasteiger charge is 2.46. The van der Waals surface area contributed by atoms with Gasteiger partial charge in [-0.15, -0.1) is 0 Å². The van der Waals surface area contributed by atoms with Crippen molar-refractivity contribution in [2.24, 2.45) is 0 Å². The molecule has 4 heterocycles. The number of fused-ring (bicyclic) bond motifs is 5. The van der Waals surface area contributed by atoms with Crippen LogP contribution in [0.1, 0.15) is 60.1 Å². The lowest BCUT2D eigenvalue weighted by Gasteiger charge is -2.37. The normalized spacial score (nSPS) is 23.6. The number of aryl methyl sites for hydroxylation is 1. The molecule has 2 atom stereocenters. The van der Waals surface area contributed by atoms with Gasteiger partial charge in [-0.3, -0.25) is 4.79 Å². The molecule has 1 aromatic carbocycles. The van der Waals surface area contributed by atoms with E-state index in [2.05, 4.69) is 6.92 Å². The first kappa shape index (κ1) is 24.2. The molecule has 194 valence electrons. The summed E-state index contributed by atoms with van der Waals surface area (Å²) in [6, 6.07) is 3.11. The van der Waals surface area contributed by atoms with E-state index in [9.17, 15) is 24.2 Å². The molecular weight excluding hydrogens is 479 g/mol. The largest absolute Gasteiger partial charge is 0.458 e. The molecule has 0 unspecified atom stereocenters. The number of aromatic nitrogens is 2. The van der Waals surface area contributed by atoms with Crippen LogP contribution in [0.4, 0.5) is 4.39 Å². The van der Waals surface area contributed by atoms with Crippen LogP contribution in [0.25, 0.3) is 22.3 Å². The summed E-state index contributed by atoms with van der Waals surface area (Å²) in [6.45, 7) is 6.08. The molecule has 8 nitrogen and oxygen atoms in total. The number of hydrogen-bond donors (Lipinski definition) is 2. The van der Waals surface area contributed by atoms with Gasteiger partial charge in [0.2, 0.25) is 0 Å². The summed E-state index contributed by atoms with van der Waals surface area (Å²) in [7, 11) is 0. The molecule has 2 N–H and O–H groups in total. The number of pyridine rings is 2. The first-order valence-electron chi connectivity index (χ1n) is 12.7. The van der Waals surface area contributed by atoms with Crippen LogP contribution < -0.4 is 5.56 Å². The molecule has 0 spiro atoms. The van der Waals surface area contributed by atoms with Crippen LogP contribution in [0.15, 0.2) is 16.9 Å². The first-order chi connectivity index (χ1) is 17.6. The second-order valence-electron chi connectivity index (χ2n) is 10.6. The fourth-order valence-corrected chi connectivity index (χ4v) is 6.40. The molecule has 0 radical (unpaired) electrons. The van der Waals surface area contributed by atoms with E-state index in [1.54, 1.807) is 24.5 Å². The van der Waals surface area contributed by atoms with Crippen molar-refractivity contribution in [2.75, 3.05) is 19.8 Å². The van der Waals surface area contributed by atoms with Gasteiger partial charge < -0.3 is 24.3 Å². The van der Waals surface area contributed by atoms with Gasteiger partial charge >= 0.3 is 5.97 Å². The summed E-state index contributed by atoms with van der Waals surface area (Å²) in [5.41, 5.74) is 2.70. The Bertz CT molecular complexity index is 1560.